The molecule has 0 unspecified atom stereocenters. The number of methoxy groups -OCH3 is 1. The van der Waals surface area contributed by atoms with Crippen molar-refractivity contribution in [3.8, 4) is 5.75 Å². The second-order valence-electron chi connectivity index (χ2n) is 7.40. The first kappa shape index (κ1) is 20.0. The molecule has 0 atom stereocenters. The molecule has 0 N–H and O–H groups in total. The second-order valence-corrected chi connectivity index (χ2v) is 7.40. The van der Waals surface area contributed by atoms with E-state index >= 15 is 0 Å². The average Bonchev–Trinajstić information content (AvgIpc) is 3.14. The van der Waals surface area contributed by atoms with Gasteiger partial charge in [-0.25, -0.2) is 9.18 Å². The van der Waals surface area contributed by atoms with E-state index in [4.69, 9.17) is 4.74 Å². The van der Waals surface area contributed by atoms with Crippen molar-refractivity contribution in [3.63, 3.8) is 0 Å². The van der Waals surface area contributed by atoms with Crippen molar-refractivity contribution >= 4 is 23.3 Å². The zero-order chi connectivity index (χ0) is 21.1. The fourth-order valence-electron chi connectivity index (χ4n) is 3.87. The molecule has 0 bridgehead atoms. The predicted molar refractivity (Wildman–Crippen MR) is 113 cm³/mol. The molecule has 8 heteroatoms. The van der Waals surface area contributed by atoms with E-state index in [-0.39, 0.29) is 24.3 Å². The van der Waals surface area contributed by atoms with Crippen molar-refractivity contribution < 1.29 is 18.7 Å². The smallest absolute Gasteiger partial charge is 0.325 e. The molecule has 4 rings (SSSR count). The lowest BCUT2D eigenvalue weighted by atomic mass is 10.2. The number of hydrogen-bond acceptors (Lipinski definition) is 4. The maximum atomic E-state index is 13.1. The van der Waals surface area contributed by atoms with Crippen molar-refractivity contribution in [3.05, 3.63) is 54.3 Å². The number of benzene rings is 2. The fourth-order valence-corrected chi connectivity index (χ4v) is 3.87. The van der Waals surface area contributed by atoms with Gasteiger partial charge in [0.05, 0.1) is 7.11 Å². The number of halogens is 1. The molecule has 2 fully saturated rings. The SMILES string of the molecule is COc1cccc(N2CCN(C(=O)CN3CCN(c4ccc(F)cc4)C3=O)CC2)c1. The van der Waals surface area contributed by atoms with Crippen LogP contribution in [0, 0.1) is 5.82 Å². The molecule has 30 heavy (non-hydrogen) atoms. The lowest BCUT2D eigenvalue weighted by Crippen LogP contribution is -2.51. The van der Waals surface area contributed by atoms with Gasteiger partial charge < -0.3 is 19.4 Å². The molecular formula is C22H25FN4O3. The largest absolute Gasteiger partial charge is 0.497 e. The zero-order valence-corrected chi connectivity index (χ0v) is 17.0. The summed E-state index contributed by atoms with van der Waals surface area (Å²) in [5, 5.41) is 0. The third kappa shape index (κ3) is 4.17. The highest BCUT2D eigenvalue weighted by molar-refractivity contribution is 5.96. The van der Waals surface area contributed by atoms with Gasteiger partial charge in [0.2, 0.25) is 5.91 Å². The third-order valence-electron chi connectivity index (χ3n) is 5.61. The predicted octanol–water partition coefficient (Wildman–Crippen LogP) is 2.43. The second kappa shape index (κ2) is 8.61. The van der Waals surface area contributed by atoms with E-state index in [1.54, 1.807) is 29.0 Å². The molecule has 2 aromatic rings. The Labute approximate surface area is 175 Å². The van der Waals surface area contributed by atoms with Crippen LogP contribution < -0.4 is 14.5 Å². The van der Waals surface area contributed by atoms with E-state index in [9.17, 15) is 14.0 Å². The number of amides is 3. The van der Waals surface area contributed by atoms with Gasteiger partial charge in [0, 0.05) is 56.7 Å². The summed E-state index contributed by atoms with van der Waals surface area (Å²) in [6.45, 7) is 3.71. The number of carbonyl (C=O) groups is 2. The first-order valence-corrected chi connectivity index (χ1v) is 10.0. The van der Waals surface area contributed by atoms with Crippen molar-refractivity contribution in [1.29, 1.82) is 0 Å². The summed E-state index contributed by atoms with van der Waals surface area (Å²) < 4.78 is 18.4. The van der Waals surface area contributed by atoms with Crippen LogP contribution in [0.4, 0.5) is 20.6 Å². The monoisotopic (exact) mass is 412 g/mol. The number of ether oxygens (including phenoxy) is 1. The molecule has 2 saturated heterocycles. The lowest BCUT2D eigenvalue weighted by Gasteiger charge is -2.36. The Hall–Kier alpha value is -3.29. The molecule has 2 aromatic carbocycles. The average molecular weight is 412 g/mol. The molecule has 2 heterocycles. The van der Waals surface area contributed by atoms with Gasteiger partial charge in [-0.15, -0.1) is 0 Å². The number of rotatable bonds is 5. The van der Waals surface area contributed by atoms with Gasteiger partial charge in [-0.2, -0.15) is 0 Å². The molecule has 0 spiro atoms. The van der Waals surface area contributed by atoms with Crippen LogP contribution in [-0.4, -0.2) is 74.7 Å². The van der Waals surface area contributed by atoms with Crippen LogP contribution in [0.3, 0.4) is 0 Å². The number of hydrogen-bond donors (Lipinski definition) is 0. The Morgan fingerprint density at radius 1 is 0.967 bits per heavy atom. The van der Waals surface area contributed by atoms with Crippen LogP contribution in [-0.2, 0) is 4.79 Å². The van der Waals surface area contributed by atoms with Crippen LogP contribution in [0.2, 0.25) is 0 Å². The summed E-state index contributed by atoms with van der Waals surface area (Å²) in [6.07, 6.45) is 0. The summed E-state index contributed by atoms with van der Waals surface area (Å²) >= 11 is 0. The standard InChI is InChI=1S/C22H25FN4O3/c1-30-20-4-2-3-19(15-20)24-9-11-25(12-10-24)21(28)16-26-13-14-27(22(26)29)18-7-5-17(23)6-8-18/h2-8,15H,9-14,16H2,1H3. The number of nitrogens with zero attached hydrogens (tertiary/aromatic N) is 4. The molecule has 3 amide bonds. The van der Waals surface area contributed by atoms with Gasteiger partial charge in [0.15, 0.2) is 0 Å². The highest BCUT2D eigenvalue weighted by atomic mass is 19.1. The van der Waals surface area contributed by atoms with Crippen molar-refractivity contribution in [1.82, 2.24) is 9.80 Å². The Kier molecular flexibility index (Phi) is 5.74. The Morgan fingerprint density at radius 2 is 1.70 bits per heavy atom. The summed E-state index contributed by atoms with van der Waals surface area (Å²) in [7, 11) is 1.65. The van der Waals surface area contributed by atoms with E-state index in [1.165, 1.54) is 12.1 Å². The molecule has 7 nitrogen and oxygen atoms in total. The minimum absolute atomic E-state index is 0.0467. The number of anilines is 2. The van der Waals surface area contributed by atoms with E-state index in [0.717, 1.165) is 24.5 Å². The molecule has 0 aromatic heterocycles. The van der Waals surface area contributed by atoms with E-state index < -0.39 is 0 Å². The van der Waals surface area contributed by atoms with Crippen molar-refractivity contribution in [2.45, 2.75) is 0 Å². The number of urea groups is 1. The van der Waals surface area contributed by atoms with Gasteiger partial charge in [0.1, 0.15) is 18.1 Å². The highest BCUT2D eigenvalue weighted by Gasteiger charge is 2.32. The van der Waals surface area contributed by atoms with Crippen molar-refractivity contribution in [2.24, 2.45) is 0 Å². The molecular weight excluding hydrogens is 387 g/mol. The van der Waals surface area contributed by atoms with Crippen LogP contribution in [0.25, 0.3) is 0 Å². The quantitative estimate of drug-likeness (QED) is 0.757. The Balaban J connectivity index is 1.31. The maximum Gasteiger partial charge on any atom is 0.325 e. The molecule has 158 valence electrons. The molecule has 0 radical (unpaired) electrons. The van der Waals surface area contributed by atoms with E-state index in [0.29, 0.717) is 31.9 Å². The number of piperazine rings is 1. The fraction of sp³-hybridized carbons (Fsp3) is 0.364. The van der Waals surface area contributed by atoms with Gasteiger partial charge >= 0.3 is 6.03 Å². The van der Waals surface area contributed by atoms with Crippen LogP contribution in [0.1, 0.15) is 0 Å². The van der Waals surface area contributed by atoms with E-state index in [2.05, 4.69) is 4.90 Å². The van der Waals surface area contributed by atoms with Gasteiger partial charge in [-0.3, -0.25) is 9.69 Å². The Morgan fingerprint density at radius 3 is 2.40 bits per heavy atom. The minimum Gasteiger partial charge on any atom is -0.497 e. The first-order chi connectivity index (χ1) is 14.5. The van der Waals surface area contributed by atoms with Crippen LogP contribution in [0.15, 0.2) is 48.5 Å². The normalized spacial score (nSPS) is 16.9. The highest BCUT2D eigenvalue weighted by Crippen LogP contribution is 2.23. The van der Waals surface area contributed by atoms with Gasteiger partial charge in [-0.1, -0.05) is 6.07 Å². The third-order valence-corrected chi connectivity index (χ3v) is 5.61. The zero-order valence-electron chi connectivity index (χ0n) is 17.0. The minimum atomic E-state index is -0.342. The van der Waals surface area contributed by atoms with Gasteiger partial charge in [0.25, 0.3) is 0 Å². The molecule has 2 aliphatic rings. The van der Waals surface area contributed by atoms with Crippen LogP contribution in [0.5, 0.6) is 5.75 Å². The summed E-state index contributed by atoms with van der Waals surface area (Å²) in [5.74, 6) is 0.421. The topological polar surface area (TPSA) is 56.3 Å². The number of carbonyl (C=O) groups excluding carboxylic acids is 2. The van der Waals surface area contributed by atoms with Gasteiger partial charge in [-0.05, 0) is 36.4 Å². The lowest BCUT2D eigenvalue weighted by molar-refractivity contribution is -0.131. The maximum absolute atomic E-state index is 13.1. The molecule has 2 aliphatic heterocycles. The van der Waals surface area contributed by atoms with Crippen molar-refractivity contribution in [2.75, 3.05) is 62.7 Å². The summed E-state index contributed by atoms with van der Waals surface area (Å²) in [6, 6.07) is 13.5. The Bertz CT molecular complexity index is 913. The first-order valence-electron chi connectivity index (χ1n) is 10.0. The molecule has 0 aliphatic carbocycles. The summed E-state index contributed by atoms with van der Waals surface area (Å²) in [5.41, 5.74) is 1.72. The summed E-state index contributed by atoms with van der Waals surface area (Å²) in [4.78, 5) is 32.6. The molecule has 0 saturated carbocycles. The van der Waals surface area contributed by atoms with E-state index in [1.807, 2.05) is 29.2 Å². The van der Waals surface area contributed by atoms with Crippen LogP contribution >= 0.6 is 0 Å².